The smallest absolute Gasteiger partial charge is 0.336 e. The molecule has 10 heteroatoms. The number of β-lactam (4-membered cyclic amide) rings is 1. The van der Waals surface area contributed by atoms with Crippen LogP contribution in [0.3, 0.4) is 0 Å². The molecule has 0 N–H and O–H groups in total. The number of carbonyl (C=O) groups is 3. The van der Waals surface area contributed by atoms with E-state index in [0.29, 0.717) is 0 Å². The van der Waals surface area contributed by atoms with E-state index in [2.05, 4.69) is 33.9 Å². The minimum Gasteiger partial charge on any atom is -0.616 e. The van der Waals surface area contributed by atoms with Gasteiger partial charge in [-0.25, -0.2) is 4.79 Å². The maximum Gasteiger partial charge on any atom is 0.336 e. The van der Waals surface area contributed by atoms with Gasteiger partial charge in [-0.1, -0.05) is 34.6 Å². The van der Waals surface area contributed by atoms with Crippen LogP contribution in [0.15, 0.2) is 0 Å². The van der Waals surface area contributed by atoms with Crippen LogP contribution in [0, 0.1) is 11.8 Å². The van der Waals surface area contributed by atoms with Crippen molar-refractivity contribution < 1.29 is 32.8 Å². The molecular formula is C21H37NO7SSi. The SMILES string of the molecule is CC(C)C(=O)OCOC(=O)C1C[S+]([O-])[C@H](C)[C@@H]2[C@@H]([C@@H](C)O[Si](C)(C)C(C)(C)C)C(=O)N12. The molecule has 0 aromatic carbocycles. The molecule has 178 valence electrons. The number of hydrogen-bond donors (Lipinski definition) is 0. The Morgan fingerprint density at radius 3 is 2.32 bits per heavy atom. The van der Waals surface area contributed by atoms with Crippen molar-refractivity contribution in [3.05, 3.63) is 0 Å². The molecule has 0 aromatic rings. The quantitative estimate of drug-likeness (QED) is 0.183. The summed E-state index contributed by atoms with van der Waals surface area (Å²) in [6.45, 7) is 17.2. The second kappa shape index (κ2) is 9.41. The summed E-state index contributed by atoms with van der Waals surface area (Å²) in [6, 6.07) is -1.29. The summed E-state index contributed by atoms with van der Waals surface area (Å²) < 4.78 is 29.1. The van der Waals surface area contributed by atoms with Crippen LogP contribution in [0.1, 0.15) is 48.5 Å². The van der Waals surface area contributed by atoms with E-state index in [9.17, 15) is 18.9 Å². The van der Waals surface area contributed by atoms with Crippen LogP contribution >= 0.6 is 0 Å². The monoisotopic (exact) mass is 475 g/mol. The first kappa shape index (κ1) is 26.2. The molecule has 2 rings (SSSR count). The molecule has 0 spiro atoms. The molecule has 0 saturated carbocycles. The number of amides is 1. The fraction of sp³-hybridized carbons (Fsp3) is 0.857. The summed E-state index contributed by atoms with van der Waals surface area (Å²) in [7, 11) is -2.10. The van der Waals surface area contributed by atoms with Gasteiger partial charge in [0.15, 0.2) is 14.4 Å². The largest absolute Gasteiger partial charge is 0.616 e. The molecule has 1 amide bonds. The van der Waals surface area contributed by atoms with E-state index in [4.69, 9.17) is 13.9 Å². The highest BCUT2D eigenvalue weighted by Gasteiger charge is 2.63. The van der Waals surface area contributed by atoms with E-state index in [0.717, 1.165) is 0 Å². The Bertz CT molecular complexity index is 708. The van der Waals surface area contributed by atoms with Gasteiger partial charge < -0.3 is 23.4 Å². The van der Waals surface area contributed by atoms with Gasteiger partial charge in [0.25, 0.3) is 0 Å². The van der Waals surface area contributed by atoms with Crippen molar-refractivity contribution in [2.24, 2.45) is 11.8 Å². The fourth-order valence-corrected chi connectivity index (χ4v) is 6.71. The summed E-state index contributed by atoms with van der Waals surface area (Å²) >= 11 is -1.30. The zero-order chi connectivity index (χ0) is 23.9. The van der Waals surface area contributed by atoms with Gasteiger partial charge in [0.1, 0.15) is 11.0 Å². The van der Waals surface area contributed by atoms with Crippen LogP contribution in [-0.4, -0.2) is 71.6 Å². The molecule has 8 nitrogen and oxygen atoms in total. The molecule has 2 aliphatic rings. The number of rotatable bonds is 7. The standard InChI is InChI=1S/C21H37NO7SSi/c1-12(2)19(24)27-11-28-20(25)15-10-30(26)14(4)17-16(18(23)22(15)17)13(3)29-31(8,9)21(5,6)7/h12-17H,10-11H2,1-9H3/t13-,14-,15?,16-,17-,30?/m1/s1. The third kappa shape index (κ3) is 5.28. The maximum absolute atomic E-state index is 13.1. The van der Waals surface area contributed by atoms with Crippen molar-refractivity contribution in [2.45, 2.75) is 90.0 Å². The predicted octanol–water partition coefficient (Wildman–Crippen LogP) is 2.44. The summed E-state index contributed by atoms with van der Waals surface area (Å²) in [5.41, 5.74) is 0. The van der Waals surface area contributed by atoms with Crippen molar-refractivity contribution in [3.63, 3.8) is 0 Å². The highest BCUT2D eigenvalue weighted by molar-refractivity contribution is 7.92. The molecule has 2 fully saturated rings. The van der Waals surface area contributed by atoms with Crippen molar-refractivity contribution in [1.82, 2.24) is 4.90 Å². The van der Waals surface area contributed by atoms with Crippen molar-refractivity contribution in [3.8, 4) is 0 Å². The molecule has 0 aliphatic carbocycles. The van der Waals surface area contributed by atoms with E-state index >= 15 is 0 Å². The Morgan fingerprint density at radius 1 is 1.23 bits per heavy atom. The van der Waals surface area contributed by atoms with Crippen LogP contribution in [0.4, 0.5) is 0 Å². The fourth-order valence-electron chi connectivity index (χ4n) is 3.76. The van der Waals surface area contributed by atoms with Crippen LogP contribution < -0.4 is 0 Å². The van der Waals surface area contributed by atoms with Gasteiger partial charge in [0.2, 0.25) is 12.7 Å². The number of carbonyl (C=O) groups excluding carboxylic acids is 3. The molecule has 0 bridgehead atoms. The van der Waals surface area contributed by atoms with Gasteiger partial charge in [-0.05, 0) is 43.2 Å². The van der Waals surface area contributed by atoms with Gasteiger partial charge in [0, 0.05) is 0 Å². The van der Waals surface area contributed by atoms with E-state index < -0.39 is 50.2 Å². The molecule has 31 heavy (non-hydrogen) atoms. The van der Waals surface area contributed by atoms with Crippen LogP contribution in [-0.2, 0) is 39.5 Å². The Kier molecular flexibility index (Phi) is 7.93. The maximum atomic E-state index is 13.1. The van der Waals surface area contributed by atoms with E-state index in [-0.39, 0.29) is 40.0 Å². The second-order valence-electron chi connectivity index (χ2n) is 10.3. The molecular weight excluding hydrogens is 438 g/mol. The number of esters is 2. The topological polar surface area (TPSA) is 105 Å². The van der Waals surface area contributed by atoms with E-state index in [1.54, 1.807) is 13.8 Å². The molecule has 2 saturated heterocycles. The first-order chi connectivity index (χ1) is 14.1. The number of ether oxygens (including phenoxy) is 2. The van der Waals surface area contributed by atoms with Gasteiger partial charge in [-0.3, -0.25) is 9.59 Å². The van der Waals surface area contributed by atoms with Crippen LogP contribution in [0.5, 0.6) is 0 Å². The highest BCUT2D eigenvalue weighted by Crippen LogP contribution is 2.44. The molecule has 0 radical (unpaired) electrons. The van der Waals surface area contributed by atoms with Gasteiger partial charge >= 0.3 is 11.9 Å². The van der Waals surface area contributed by atoms with Crippen LogP contribution in [0.25, 0.3) is 0 Å². The average Bonchev–Trinajstić information content (AvgIpc) is 2.62. The molecule has 2 heterocycles. The predicted molar refractivity (Wildman–Crippen MR) is 120 cm³/mol. The Labute approximate surface area is 189 Å². The first-order valence-corrected chi connectivity index (χ1v) is 15.1. The van der Waals surface area contributed by atoms with Crippen molar-refractivity contribution >= 4 is 37.3 Å². The number of hydrogen-bond acceptors (Lipinski definition) is 7. The Hall–Kier alpha value is -1.10. The third-order valence-electron chi connectivity index (χ3n) is 6.72. The Balaban J connectivity index is 2.10. The first-order valence-electron chi connectivity index (χ1n) is 10.8. The summed E-state index contributed by atoms with van der Waals surface area (Å²) in [5, 5.41) is -0.273. The lowest BCUT2D eigenvalue weighted by Crippen LogP contribution is -2.77. The number of fused-ring (bicyclic) bond motifs is 1. The van der Waals surface area contributed by atoms with E-state index in [1.165, 1.54) is 4.90 Å². The lowest BCUT2D eigenvalue weighted by atomic mass is 9.80. The van der Waals surface area contributed by atoms with E-state index in [1.807, 2.05) is 13.8 Å². The summed E-state index contributed by atoms with van der Waals surface area (Å²) in [6.07, 6.45) is -0.337. The number of nitrogens with zero attached hydrogens (tertiary/aromatic N) is 1. The Morgan fingerprint density at radius 2 is 1.81 bits per heavy atom. The van der Waals surface area contributed by atoms with Gasteiger partial charge in [0.05, 0.1) is 24.0 Å². The minimum atomic E-state index is -2.10. The molecule has 2 aliphatic heterocycles. The summed E-state index contributed by atoms with van der Waals surface area (Å²) in [5.74, 6) is -2.13. The third-order valence-corrected chi connectivity index (χ3v) is 13.0. The zero-order valence-corrected chi connectivity index (χ0v) is 21.9. The summed E-state index contributed by atoms with van der Waals surface area (Å²) in [4.78, 5) is 38.7. The lowest BCUT2D eigenvalue weighted by Gasteiger charge is -2.57. The average molecular weight is 476 g/mol. The van der Waals surface area contributed by atoms with Crippen molar-refractivity contribution in [1.29, 1.82) is 0 Å². The normalized spacial score (nSPS) is 29.8. The van der Waals surface area contributed by atoms with Gasteiger partial charge in [-0.15, -0.1) is 0 Å². The highest BCUT2D eigenvalue weighted by atomic mass is 32.2. The molecule has 6 atom stereocenters. The van der Waals surface area contributed by atoms with Crippen LogP contribution in [0.2, 0.25) is 18.1 Å². The molecule has 0 aromatic heterocycles. The zero-order valence-electron chi connectivity index (χ0n) is 20.1. The second-order valence-corrected chi connectivity index (χ2v) is 16.9. The lowest BCUT2D eigenvalue weighted by molar-refractivity contribution is -0.185. The molecule has 2 unspecified atom stereocenters. The minimum absolute atomic E-state index is 0.00545. The van der Waals surface area contributed by atoms with Crippen molar-refractivity contribution in [2.75, 3.05) is 12.5 Å². The van der Waals surface area contributed by atoms with Gasteiger partial charge in [-0.2, -0.15) is 0 Å².